The van der Waals surface area contributed by atoms with E-state index in [4.69, 9.17) is 4.42 Å². The molecule has 1 aliphatic rings. The second-order valence-corrected chi connectivity index (χ2v) is 19.3. The van der Waals surface area contributed by atoms with Crippen LogP contribution >= 0.6 is 0 Å². The van der Waals surface area contributed by atoms with E-state index in [0.717, 1.165) is 67.5 Å². The molecule has 2 heterocycles. The highest BCUT2D eigenvalue weighted by atomic mass is 16.3. The molecule has 0 amide bonds. The van der Waals surface area contributed by atoms with E-state index in [0.29, 0.717) is 5.92 Å². The summed E-state index contributed by atoms with van der Waals surface area (Å²) in [5.74, 6) is 0.411. The lowest BCUT2D eigenvalue weighted by molar-refractivity contribution is 0.674. The normalized spacial score (nSPS) is 13.9. The van der Waals surface area contributed by atoms with Gasteiger partial charge in [-0.05, 0) is 117 Å². The molecule has 0 saturated carbocycles. The third kappa shape index (κ3) is 6.96. The second-order valence-electron chi connectivity index (χ2n) is 19.3. The maximum absolute atomic E-state index is 6.98. The molecule has 1 aliphatic carbocycles. The number of nitrogens with zero attached hydrogens (tertiary/aromatic N) is 2. The molecule has 0 aliphatic heterocycles. The number of anilines is 3. The van der Waals surface area contributed by atoms with Crippen LogP contribution in [0.1, 0.15) is 18.9 Å². The first-order valence-corrected chi connectivity index (χ1v) is 25.0. The van der Waals surface area contributed by atoms with E-state index in [1.165, 1.54) is 71.5 Å². The molecule has 0 N–H and O–H groups in total. The summed E-state index contributed by atoms with van der Waals surface area (Å²) in [6.07, 6.45) is 5.65. The molecule has 3 heteroatoms. The number of furan rings is 1. The molecule has 13 aromatic rings. The van der Waals surface area contributed by atoms with Crippen LogP contribution in [0.2, 0.25) is 0 Å². The van der Waals surface area contributed by atoms with Gasteiger partial charge in [0.1, 0.15) is 11.2 Å². The third-order valence-corrected chi connectivity index (χ3v) is 14.9. The first kappa shape index (κ1) is 41.8. The Morgan fingerprint density at radius 1 is 0.403 bits per heavy atom. The van der Waals surface area contributed by atoms with Crippen LogP contribution < -0.4 is 4.90 Å². The molecule has 0 bridgehead atoms. The molecule has 0 spiro atoms. The summed E-state index contributed by atoms with van der Waals surface area (Å²) in [4.78, 5) is 2.41. The summed E-state index contributed by atoms with van der Waals surface area (Å²) in [6, 6.07) is 88.4. The standard InChI is InChI=1S/C69H48N2O/c1-45-28-40-56(67(42-45)71-65-26-10-6-20-58(65)59-21-7-11-27-66(59)71)49-33-38-55(39-34-49)70(54-36-31-47(32-37-54)51-17-12-18-52(43-51)53-30-29-46-14-2-3-16-50(46)44-53)64-25-9-8-22-60(64)61-23-13-24-62-63-41-35-48-15-4-5-19-57(48)68(63)72-69(61)62/h2-41,43-45H,42H2,1H3. The molecule has 1 atom stereocenters. The monoisotopic (exact) mass is 920 g/mol. The van der Waals surface area contributed by atoms with Crippen molar-refractivity contribution in [2.24, 2.45) is 5.92 Å². The van der Waals surface area contributed by atoms with Gasteiger partial charge in [0.05, 0.1) is 16.7 Å². The molecule has 72 heavy (non-hydrogen) atoms. The van der Waals surface area contributed by atoms with Crippen molar-refractivity contribution in [3.05, 3.63) is 260 Å². The Morgan fingerprint density at radius 2 is 0.944 bits per heavy atom. The average molecular weight is 921 g/mol. The van der Waals surface area contributed by atoms with Crippen LogP contribution in [0.15, 0.2) is 259 Å². The molecule has 0 radical (unpaired) electrons. The first-order chi connectivity index (χ1) is 35.6. The number of benzene rings is 11. The summed E-state index contributed by atoms with van der Waals surface area (Å²) in [5, 5.41) is 9.57. The van der Waals surface area contributed by atoms with Gasteiger partial charge >= 0.3 is 0 Å². The zero-order valence-corrected chi connectivity index (χ0v) is 39.8. The fourth-order valence-electron chi connectivity index (χ4n) is 11.4. The van der Waals surface area contributed by atoms with Gasteiger partial charge in [0.15, 0.2) is 0 Å². The number of aromatic nitrogens is 1. The van der Waals surface area contributed by atoms with Crippen LogP contribution in [0.5, 0.6) is 0 Å². The van der Waals surface area contributed by atoms with Crippen molar-refractivity contribution in [2.75, 3.05) is 4.90 Å². The lowest BCUT2D eigenvalue weighted by Gasteiger charge is -2.28. The van der Waals surface area contributed by atoms with Gasteiger partial charge in [-0.15, -0.1) is 0 Å². The van der Waals surface area contributed by atoms with Crippen LogP contribution in [-0.2, 0) is 0 Å². The van der Waals surface area contributed by atoms with Crippen molar-refractivity contribution in [3.63, 3.8) is 0 Å². The Kier molecular flexibility index (Phi) is 9.89. The maximum Gasteiger partial charge on any atom is 0.143 e. The molecule has 3 nitrogen and oxygen atoms in total. The van der Waals surface area contributed by atoms with Crippen LogP contribution in [0.25, 0.3) is 110 Å². The van der Waals surface area contributed by atoms with Gasteiger partial charge in [-0.3, -0.25) is 0 Å². The number of hydrogen-bond donors (Lipinski definition) is 0. The molecule has 2 aromatic heterocycles. The van der Waals surface area contributed by atoms with Gasteiger partial charge < -0.3 is 13.9 Å². The van der Waals surface area contributed by atoms with Gasteiger partial charge in [0.2, 0.25) is 0 Å². The quantitative estimate of drug-likeness (QED) is 0.151. The summed E-state index contributed by atoms with van der Waals surface area (Å²) in [5.41, 5.74) is 18.1. The topological polar surface area (TPSA) is 21.3 Å². The number of fused-ring (bicyclic) bond motifs is 9. The zero-order chi connectivity index (χ0) is 47.7. The van der Waals surface area contributed by atoms with Crippen molar-refractivity contribution in [1.82, 2.24) is 4.57 Å². The van der Waals surface area contributed by atoms with Crippen molar-refractivity contribution in [3.8, 4) is 33.4 Å². The van der Waals surface area contributed by atoms with Crippen LogP contribution in [0.4, 0.5) is 17.1 Å². The molecule has 340 valence electrons. The Balaban J connectivity index is 0.911. The van der Waals surface area contributed by atoms with E-state index in [-0.39, 0.29) is 0 Å². The Bertz CT molecular complexity index is 4260. The molecular formula is C69H48N2O. The van der Waals surface area contributed by atoms with Gasteiger partial charge in [0.25, 0.3) is 0 Å². The maximum atomic E-state index is 6.98. The lowest BCUT2D eigenvalue weighted by atomic mass is 9.90. The average Bonchev–Trinajstić information content (AvgIpc) is 4.00. The van der Waals surface area contributed by atoms with E-state index in [9.17, 15) is 0 Å². The predicted molar refractivity (Wildman–Crippen MR) is 305 cm³/mol. The van der Waals surface area contributed by atoms with Crippen LogP contribution in [0, 0.1) is 5.92 Å². The van der Waals surface area contributed by atoms with Gasteiger partial charge in [0, 0.05) is 60.7 Å². The second kappa shape index (κ2) is 17.0. The first-order valence-electron chi connectivity index (χ1n) is 25.0. The van der Waals surface area contributed by atoms with Crippen LogP contribution in [-0.4, -0.2) is 4.57 Å². The highest BCUT2D eigenvalue weighted by Crippen LogP contribution is 2.47. The number of para-hydroxylation sites is 4. The van der Waals surface area contributed by atoms with Crippen molar-refractivity contribution in [2.45, 2.75) is 13.3 Å². The van der Waals surface area contributed by atoms with E-state index in [2.05, 4.69) is 271 Å². The van der Waals surface area contributed by atoms with Gasteiger partial charge in [-0.1, -0.05) is 201 Å². The lowest BCUT2D eigenvalue weighted by Crippen LogP contribution is -2.11. The fraction of sp³-hybridized carbons (Fsp3) is 0.0435. The highest BCUT2D eigenvalue weighted by Gasteiger charge is 2.24. The van der Waals surface area contributed by atoms with E-state index in [1.54, 1.807) is 0 Å². The molecule has 11 aromatic carbocycles. The van der Waals surface area contributed by atoms with Crippen molar-refractivity contribution in [1.29, 1.82) is 0 Å². The summed E-state index contributed by atoms with van der Waals surface area (Å²) in [6.45, 7) is 2.32. The van der Waals surface area contributed by atoms with Crippen molar-refractivity contribution >= 4 is 93.6 Å². The summed E-state index contributed by atoms with van der Waals surface area (Å²) in [7, 11) is 0. The minimum absolute atomic E-state index is 0.411. The Labute approximate surface area is 418 Å². The van der Waals surface area contributed by atoms with Crippen LogP contribution in [0.3, 0.4) is 0 Å². The summed E-state index contributed by atoms with van der Waals surface area (Å²) < 4.78 is 9.49. The van der Waals surface area contributed by atoms with Gasteiger partial charge in [-0.2, -0.15) is 0 Å². The van der Waals surface area contributed by atoms with E-state index < -0.39 is 0 Å². The third-order valence-electron chi connectivity index (χ3n) is 14.9. The SMILES string of the molecule is CC1C=CC(c2ccc(N(c3ccc(-c4cccc(-c5ccc6ccccc6c5)c4)cc3)c3ccccc3-c3cccc4c3oc3c5ccccc5ccc43)cc2)=C(n2c3ccccc3c3ccccc32)C1. The smallest absolute Gasteiger partial charge is 0.143 e. The molecule has 0 saturated heterocycles. The minimum Gasteiger partial charge on any atom is -0.455 e. The molecule has 0 fully saturated rings. The minimum atomic E-state index is 0.411. The molecule has 1 unspecified atom stereocenters. The Hall–Kier alpha value is -9.18. The largest absolute Gasteiger partial charge is 0.455 e. The molecular weight excluding hydrogens is 873 g/mol. The molecule has 14 rings (SSSR count). The van der Waals surface area contributed by atoms with Gasteiger partial charge in [-0.25, -0.2) is 0 Å². The predicted octanol–water partition coefficient (Wildman–Crippen LogP) is 19.4. The number of rotatable bonds is 8. The highest BCUT2D eigenvalue weighted by molar-refractivity contribution is 6.18. The summed E-state index contributed by atoms with van der Waals surface area (Å²) >= 11 is 0. The van der Waals surface area contributed by atoms with Crippen molar-refractivity contribution < 1.29 is 4.42 Å². The number of hydrogen-bond acceptors (Lipinski definition) is 2. The number of allylic oxidation sites excluding steroid dienone is 4. The van der Waals surface area contributed by atoms with E-state index in [1.807, 2.05) is 0 Å². The fourth-order valence-corrected chi connectivity index (χ4v) is 11.4. The Morgan fingerprint density at radius 3 is 1.71 bits per heavy atom. The van der Waals surface area contributed by atoms with E-state index >= 15 is 0 Å². The zero-order valence-electron chi connectivity index (χ0n) is 39.8.